The number of aromatic nitrogens is 7. The molecule has 0 bridgehead atoms. The molecule has 0 radical (unpaired) electrons. The van der Waals surface area contributed by atoms with Crippen molar-refractivity contribution in [3.63, 3.8) is 0 Å². The van der Waals surface area contributed by atoms with Crippen LogP contribution in [0, 0.1) is 0 Å². The average molecular weight is 416 g/mol. The van der Waals surface area contributed by atoms with Crippen LogP contribution in [-0.4, -0.2) is 52.6 Å². The molecule has 158 valence electrons. The first-order valence-electron chi connectivity index (χ1n) is 10.8. The molecule has 6 rings (SSSR count). The van der Waals surface area contributed by atoms with Crippen molar-refractivity contribution in [2.24, 2.45) is 0 Å². The summed E-state index contributed by atoms with van der Waals surface area (Å²) >= 11 is 0. The predicted octanol–water partition coefficient (Wildman–Crippen LogP) is 2.25. The van der Waals surface area contributed by atoms with Crippen molar-refractivity contribution in [1.29, 1.82) is 0 Å². The van der Waals surface area contributed by atoms with Gasteiger partial charge in [0.25, 0.3) is 0 Å². The zero-order chi connectivity index (χ0) is 20.8. The van der Waals surface area contributed by atoms with Gasteiger partial charge in [-0.05, 0) is 44.0 Å². The topological polar surface area (TPSA) is 80.3 Å². The number of anilines is 1. The number of imidazole rings is 1. The van der Waals surface area contributed by atoms with Crippen molar-refractivity contribution in [2.75, 3.05) is 18.5 Å². The Morgan fingerprint density at radius 3 is 3.10 bits per heavy atom. The van der Waals surface area contributed by atoms with E-state index in [0.29, 0.717) is 12.6 Å². The number of hydrogen-bond donors (Lipinski definition) is 0. The summed E-state index contributed by atoms with van der Waals surface area (Å²) in [5.74, 6) is 1.87. The van der Waals surface area contributed by atoms with Crippen LogP contribution in [0.5, 0.6) is 0 Å². The van der Waals surface area contributed by atoms with Gasteiger partial charge in [0.05, 0.1) is 24.0 Å². The van der Waals surface area contributed by atoms with Crippen LogP contribution in [0.15, 0.2) is 43.1 Å². The number of nitrogens with zero attached hydrogens (tertiary/aromatic N) is 9. The van der Waals surface area contributed by atoms with E-state index in [4.69, 9.17) is 9.97 Å². The second kappa shape index (κ2) is 7.42. The second-order valence-electron chi connectivity index (χ2n) is 8.44. The summed E-state index contributed by atoms with van der Waals surface area (Å²) in [4.78, 5) is 18.9. The lowest BCUT2D eigenvalue weighted by Crippen LogP contribution is -2.35. The maximum Gasteiger partial charge on any atom is 0.211 e. The lowest BCUT2D eigenvalue weighted by molar-refractivity contribution is 0.206. The molecule has 0 N–H and O–H groups in total. The van der Waals surface area contributed by atoms with Crippen molar-refractivity contribution in [1.82, 2.24) is 39.0 Å². The zero-order valence-electron chi connectivity index (χ0n) is 17.6. The standard InChI is InChI=1S/C22H25N9/c1-28(18-6-2-4-16-5-3-8-23-21(16)18)12-17-13-31-19(26-17)7-9-24-22(31)29-10-11-30-15-25-27-20(30)14-29/h3,5,7-9,13,15,18H,2,4,6,10-12,14H2,1H3. The fourth-order valence-corrected chi connectivity index (χ4v) is 4.88. The van der Waals surface area contributed by atoms with E-state index < -0.39 is 0 Å². The highest BCUT2D eigenvalue weighted by Crippen LogP contribution is 2.32. The molecular weight excluding hydrogens is 390 g/mol. The van der Waals surface area contributed by atoms with Crippen molar-refractivity contribution in [3.8, 4) is 0 Å². The Kier molecular flexibility index (Phi) is 4.41. The minimum atomic E-state index is 0.334. The number of rotatable bonds is 4. The monoisotopic (exact) mass is 415 g/mol. The Morgan fingerprint density at radius 2 is 2.13 bits per heavy atom. The summed E-state index contributed by atoms with van der Waals surface area (Å²) in [6.45, 7) is 3.20. The van der Waals surface area contributed by atoms with Crippen molar-refractivity contribution < 1.29 is 0 Å². The van der Waals surface area contributed by atoms with Gasteiger partial charge in [0.15, 0.2) is 5.82 Å². The van der Waals surface area contributed by atoms with Crippen LogP contribution in [0.3, 0.4) is 0 Å². The molecule has 0 spiro atoms. The minimum Gasteiger partial charge on any atom is -0.333 e. The quantitative estimate of drug-likeness (QED) is 0.506. The molecule has 9 nitrogen and oxygen atoms in total. The molecule has 31 heavy (non-hydrogen) atoms. The molecule has 1 unspecified atom stereocenters. The van der Waals surface area contributed by atoms with Crippen molar-refractivity contribution in [3.05, 3.63) is 65.9 Å². The third-order valence-corrected chi connectivity index (χ3v) is 6.44. The van der Waals surface area contributed by atoms with Crippen LogP contribution in [0.1, 0.15) is 41.7 Å². The highest BCUT2D eigenvalue weighted by molar-refractivity contribution is 5.48. The van der Waals surface area contributed by atoms with E-state index in [9.17, 15) is 0 Å². The van der Waals surface area contributed by atoms with Crippen LogP contribution in [0.4, 0.5) is 5.95 Å². The van der Waals surface area contributed by atoms with Gasteiger partial charge in [0.1, 0.15) is 12.0 Å². The molecule has 0 fully saturated rings. The average Bonchev–Trinajstić information content (AvgIpc) is 3.44. The van der Waals surface area contributed by atoms with E-state index >= 15 is 0 Å². The second-order valence-corrected chi connectivity index (χ2v) is 8.44. The van der Waals surface area contributed by atoms with Gasteiger partial charge in [-0.25, -0.2) is 9.97 Å². The fourth-order valence-electron chi connectivity index (χ4n) is 4.88. The van der Waals surface area contributed by atoms with Gasteiger partial charge in [0, 0.05) is 38.2 Å². The SMILES string of the molecule is CN(Cc1cn2c(N3CCn4cnnc4C3)nccc2n1)C1CCCc2cccnc21. The fraction of sp³-hybridized carbons (Fsp3) is 0.409. The highest BCUT2D eigenvalue weighted by atomic mass is 15.4. The van der Waals surface area contributed by atoms with Crippen LogP contribution in [-0.2, 0) is 26.1 Å². The lowest BCUT2D eigenvalue weighted by Gasteiger charge is -2.31. The summed E-state index contributed by atoms with van der Waals surface area (Å²) in [6, 6.07) is 6.56. The van der Waals surface area contributed by atoms with Crippen molar-refractivity contribution >= 4 is 11.6 Å². The molecular formula is C22H25N9. The van der Waals surface area contributed by atoms with Crippen LogP contribution in [0.25, 0.3) is 5.65 Å². The Balaban J connectivity index is 1.27. The molecule has 4 aromatic heterocycles. The minimum absolute atomic E-state index is 0.334. The van der Waals surface area contributed by atoms with E-state index in [1.165, 1.54) is 17.7 Å². The Bertz CT molecular complexity index is 1230. The summed E-state index contributed by atoms with van der Waals surface area (Å²) in [7, 11) is 2.18. The third-order valence-electron chi connectivity index (χ3n) is 6.44. The van der Waals surface area contributed by atoms with Gasteiger partial charge in [-0.1, -0.05) is 6.07 Å². The normalized spacial score (nSPS) is 18.4. The molecule has 2 aliphatic rings. The molecule has 5 heterocycles. The highest BCUT2D eigenvalue weighted by Gasteiger charge is 2.26. The first kappa shape index (κ1) is 18.4. The summed E-state index contributed by atoms with van der Waals surface area (Å²) in [6.07, 6.45) is 11.1. The Morgan fingerprint density at radius 1 is 1.16 bits per heavy atom. The number of aryl methyl sites for hydroxylation is 1. The Labute approximate surface area is 180 Å². The molecule has 0 amide bonds. The van der Waals surface area contributed by atoms with Crippen LogP contribution < -0.4 is 4.90 Å². The largest absolute Gasteiger partial charge is 0.333 e. The van der Waals surface area contributed by atoms with Gasteiger partial charge in [0.2, 0.25) is 5.95 Å². The summed E-state index contributed by atoms with van der Waals surface area (Å²) in [5, 5.41) is 8.26. The predicted molar refractivity (Wildman–Crippen MR) is 115 cm³/mol. The summed E-state index contributed by atoms with van der Waals surface area (Å²) < 4.78 is 4.20. The zero-order valence-corrected chi connectivity index (χ0v) is 17.6. The van der Waals surface area contributed by atoms with Crippen LogP contribution in [0.2, 0.25) is 0 Å². The molecule has 9 heteroatoms. The first-order valence-corrected chi connectivity index (χ1v) is 10.8. The number of hydrogen-bond acceptors (Lipinski definition) is 7. The first-order chi connectivity index (χ1) is 15.3. The molecule has 4 aromatic rings. The maximum atomic E-state index is 4.89. The van der Waals surface area contributed by atoms with Crippen molar-refractivity contribution in [2.45, 2.75) is 44.9 Å². The van der Waals surface area contributed by atoms with E-state index in [2.05, 4.69) is 53.3 Å². The van der Waals surface area contributed by atoms with Gasteiger partial charge in [-0.15, -0.1) is 10.2 Å². The van der Waals surface area contributed by atoms with Gasteiger partial charge < -0.3 is 9.47 Å². The maximum absolute atomic E-state index is 4.89. The van der Waals surface area contributed by atoms with E-state index in [1.807, 2.05) is 24.5 Å². The molecule has 1 atom stereocenters. The van der Waals surface area contributed by atoms with E-state index in [-0.39, 0.29) is 0 Å². The number of fused-ring (bicyclic) bond motifs is 3. The lowest BCUT2D eigenvalue weighted by atomic mass is 9.91. The van der Waals surface area contributed by atoms with E-state index in [0.717, 1.165) is 55.6 Å². The Hall–Kier alpha value is -3.33. The summed E-state index contributed by atoms with van der Waals surface area (Å²) in [5.41, 5.74) is 4.56. The number of pyridine rings is 1. The molecule has 1 aliphatic heterocycles. The molecule has 1 aliphatic carbocycles. The van der Waals surface area contributed by atoms with Crippen LogP contribution >= 0.6 is 0 Å². The van der Waals surface area contributed by atoms with Gasteiger partial charge in [-0.3, -0.25) is 14.3 Å². The van der Waals surface area contributed by atoms with Gasteiger partial charge >= 0.3 is 0 Å². The smallest absolute Gasteiger partial charge is 0.211 e. The third kappa shape index (κ3) is 3.25. The molecule has 0 aromatic carbocycles. The van der Waals surface area contributed by atoms with Gasteiger partial charge in [-0.2, -0.15) is 0 Å². The van der Waals surface area contributed by atoms with E-state index in [1.54, 1.807) is 6.33 Å². The molecule has 0 saturated heterocycles. The molecule has 0 saturated carbocycles.